The Labute approximate surface area is 90.2 Å². The van der Waals surface area contributed by atoms with Crippen LogP contribution in [0.2, 0.25) is 0 Å². The first-order valence-corrected chi connectivity index (χ1v) is 5.13. The second kappa shape index (κ2) is 5.12. The fourth-order valence-corrected chi connectivity index (χ4v) is 1.63. The van der Waals surface area contributed by atoms with E-state index in [1.165, 1.54) is 12.1 Å². The number of hydrogen-bond acceptors (Lipinski definition) is 2. The van der Waals surface area contributed by atoms with Crippen LogP contribution in [0.4, 0.5) is 4.39 Å². The Morgan fingerprint density at radius 2 is 2.07 bits per heavy atom. The average Bonchev–Trinajstić information content (AvgIpc) is 2.16. The third-order valence-electron chi connectivity index (χ3n) is 2.32. The van der Waals surface area contributed by atoms with Gasteiger partial charge in [0.2, 0.25) is 0 Å². The molecule has 0 heterocycles. The molecule has 0 aromatic heterocycles. The van der Waals surface area contributed by atoms with Gasteiger partial charge in [-0.3, -0.25) is 0 Å². The van der Waals surface area contributed by atoms with Gasteiger partial charge in [0.05, 0.1) is 7.11 Å². The lowest BCUT2D eigenvalue weighted by Gasteiger charge is -2.17. The minimum Gasteiger partial charge on any atom is -0.496 e. The fraction of sp³-hybridized carbons (Fsp3) is 0.500. The normalized spacial score (nSPS) is 12.9. The molecule has 0 radical (unpaired) electrons. The van der Waals surface area contributed by atoms with Gasteiger partial charge in [0.1, 0.15) is 11.6 Å². The van der Waals surface area contributed by atoms with E-state index in [9.17, 15) is 4.39 Å². The molecular weight excluding hydrogens is 193 g/mol. The number of benzene rings is 1. The van der Waals surface area contributed by atoms with Crippen LogP contribution in [-0.2, 0) is 0 Å². The Kier molecular flexibility index (Phi) is 4.09. The first-order valence-electron chi connectivity index (χ1n) is 5.13. The third-order valence-corrected chi connectivity index (χ3v) is 2.32. The van der Waals surface area contributed by atoms with E-state index in [1.54, 1.807) is 13.2 Å². The molecule has 0 spiro atoms. The molecule has 2 N–H and O–H groups in total. The van der Waals surface area contributed by atoms with Crippen molar-refractivity contribution in [2.24, 2.45) is 11.7 Å². The zero-order chi connectivity index (χ0) is 11.4. The lowest BCUT2D eigenvalue weighted by molar-refractivity contribution is 0.397. The Morgan fingerprint density at radius 1 is 1.40 bits per heavy atom. The Hall–Kier alpha value is -1.09. The van der Waals surface area contributed by atoms with Crippen LogP contribution >= 0.6 is 0 Å². The van der Waals surface area contributed by atoms with Crippen molar-refractivity contribution in [3.63, 3.8) is 0 Å². The van der Waals surface area contributed by atoms with Gasteiger partial charge in [-0.15, -0.1) is 0 Å². The summed E-state index contributed by atoms with van der Waals surface area (Å²) in [6.07, 6.45) is 0.819. The summed E-state index contributed by atoms with van der Waals surface area (Å²) in [6, 6.07) is 4.27. The van der Waals surface area contributed by atoms with Gasteiger partial charge >= 0.3 is 0 Å². The molecule has 15 heavy (non-hydrogen) atoms. The average molecular weight is 211 g/mol. The molecule has 1 rings (SSSR count). The van der Waals surface area contributed by atoms with Crippen LogP contribution in [0.15, 0.2) is 18.2 Å². The van der Waals surface area contributed by atoms with E-state index in [0.717, 1.165) is 12.0 Å². The van der Waals surface area contributed by atoms with Crippen LogP contribution in [0.25, 0.3) is 0 Å². The quantitative estimate of drug-likeness (QED) is 0.831. The van der Waals surface area contributed by atoms with E-state index in [0.29, 0.717) is 11.7 Å². The monoisotopic (exact) mass is 211 g/mol. The van der Waals surface area contributed by atoms with Crippen LogP contribution in [0.5, 0.6) is 5.75 Å². The largest absolute Gasteiger partial charge is 0.496 e. The lowest BCUT2D eigenvalue weighted by atomic mass is 9.97. The van der Waals surface area contributed by atoms with Crippen LogP contribution in [0, 0.1) is 11.7 Å². The predicted molar refractivity (Wildman–Crippen MR) is 59.3 cm³/mol. The van der Waals surface area contributed by atoms with Gasteiger partial charge in [-0.1, -0.05) is 13.8 Å². The maximum atomic E-state index is 13.1. The molecule has 0 bridgehead atoms. The molecule has 0 unspecified atom stereocenters. The van der Waals surface area contributed by atoms with E-state index >= 15 is 0 Å². The zero-order valence-electron chi connectivity index (χ0n) is 9.46. The highest BCUT2D eigenvalue weighted by atomic mass is 19.1. The topological polar surface area (TPSA) is 35.2 Å². The molecule has 1 aromatic rings. The van der Waals surface area contributed by atoms with Gasteiger partial charge in [0, 0.05) is 11.6 Å². The van der Waals surface area contributed by atoms with Gasteiger partial charge in [-0.25, -0.2) is 4.39 Å². The number of hydrogen-bond donors (Lipinski definition) is 1. The van der Waals surface area contributed by atoms with E-state index in [2.05, 4.69) is 13.8 Å². The number of nitrogens with two attached hydrogens (primary N) is 1. The van der Waals surface area contributed by atoms with Gasteiger partial charge in [-0.2, -0.15) is 0 Å². The van der Waals surface area contributed by atoms with Crippen LogP contribution in [0.1, 0.15) is 31.9 Å². The molecule has 0 saturated heterocycles. The van der Waals surface area contributed by atoms with E-state index in [4.69, 9.17) is 10.5 Å². The van der Waals surface area contributed by atoms with Gasteiger partial charge in [0.25, 0.3) is 0 Å². The summed E-state index contributed by atoms with van der Waals surface area (Å²) < 4.78 is 18.2. The standard InChI is InChI=1S/C12H18FNO/c1-8(2)6-11(14)10-7-9(13)4-5-12(10)15-3/h4-5,7-8,11H,6,14H2,1-3H3/t11-/m1/s1. The highest BCUT2D eigenvalue weighted by Gasteiger charge is 2.14. The summed E-state index contributed by atoms with van der Waals surface area (Å²) in [4.78, 5) is 0. The summed E-state index contributed by atoms with van der Waals surface area (Å²) in [7, 11) is 1.57. The fourth-order valence-electron chi connectivity index (χ4n) is 1.63. The molecule has 0 aliphatic heterocycles. The van der Waals surface area contributed by atoms with Crippen LogP contribution < -0.4 is 10.5 Å². The van der Waals surface area contributed by atoms with E-state index < -0.39 is 0 Å². The molecule has 2 nitrogen and oxygen atoms in total. The Morgan fingerprint density at radius 3 is 2.60 bits per heavy atom. The molecule has 1 atom stereocenters. The SMILES string of the molecule is COc1ccc(F)cc1[C@H](N)CC(C)C. The predicted octanol–water partition coefficient (Wildman–Crippen LogP) is 2.88. The molecule has 0 fully saturated rings. The third kappa shape index (κ3) is 3.20. The molecule has 3 heteroatoms. The maximum Gasteiger partial charge on any atom is 0.123 e. The van der Waals surface area contributed by atoms with Crippen molar-refractivity contribution in [2.75, 3.05) is 7.11 Å². The van der Waals surface area contributed by atoms with Crippen molar-refractivity contribution in [1.29, 1.82) is 0 Å². The second-order valence-electron chi connectivity index (χ2n) is 4.12. The maximum absolute atomic E-state index is 13.1. The second-order valence-corrected chi connectivity index (χ2v) is 4.12. The summed E-state index contributed by atoms with van der Waals surface area (Å²) >= 11 is 0. The van der Waals surface area contributed by atoms with Crippen molar-refractivity contribution in [3.8, 4) is 5.75 Å². The van der Waals surface area contributed by atoms with Crippen molar-refractivity contribution in [3.05, 3.63) is 29.6 Å². The highest BCUT2D eigenvalue weighted by Crippen LogP contribution is 2.28. The highest BCUT2D eigenvalue weighted by molar-refractivity contribution is 5.36. The number of halogens is 1. The van der Waals surface area contributed by atoms with Crippen molar-refractivity contribution in [2.45, 2.75) is 26.3 Å². The van der Waals surface area contributed by atoms with E-state index in [-0.39, 0.29) is 11.9 Å². The first kappa shape index (κ1) is 12.0. The number of rotatable bonds is 4. The van der Waals surface area contributed by atoms with Gasteiger partial charge in [0.15, 0.2) is 0 Å². The molecular formula is C12H18FNO. The zero-order valence-corrected chi connectivity index (χ0v) is 9.46. The summed E-state index contributed by atoms with van der Waals surface area (Å²) in [5.74, 6) is 0.863. The van der Waals surface area contributed by atoms with Crippen molar-refractivity contribution < 1.29 is 9.13 Å². The lowest BCUT2D eigenvalue weighted by Crippen LogP contribution is -2.14. The van der Waals surface area contributed by atoms with Crippen molar-refractivity contribution in [1.82, 2.24) is 0 Å². The first-order chi connectivity index (χ1) is 7.04. The van der Waals surface area contributed by atoms with Crippen molar-refractivity contribution >= 4 is 0 Å². The molecule has 0 saturated carbocycles. The minimum atomic E-state index is -0.273. The summed E-state index contributed by atoms with van der Waals surface area (Å²) in [5.41, 5.74) is 6.74. The number of methoxy groups -OCH3 is 1. The van der Waals surface area contributed by atoms with Gasteiger partial charge in [-0.05, 0) is 30.5 Å². The molecule has 0 aliphatic carbocycles. The Balaban J connectivity index is 2.94. The summed E-state index contributed by atoms with van der Waals surface area (Å²) in [5, 5.41) is 0. The van der Waals surface area contributed by atoms with Crippen LogP contribution in [0.3, 0.4) is 0 Å². The number of ether oxygens (including phenoxy) is 1. The van der Waals surface area contributed by atoms with Gasteiger partial charge < -0.3 is 10.5 Å². The smallest absolute Gasteiger partial charge is 0.123 e. The van der Waals surface area contributed by atoms with Crippen LogP contribution in [-0.4, -0.2) is 7.11 Å². The van der Waals surface area contributed by atoms with E-state index in [1.807, 2.05) is 0 Å². The summed E-state index contributed by atoms with van der Waals surface area (Å²) in [6.45, 7) is 4.18. The molecule has 0 amide bonds. The molecule has 0 aliphatic rings. The molecule has 1 aromatic carbocycles. The Bertz CT molecular complexity index is 325. The molecule has 84 valence electrons. The minimum absolute atomic E-state index is 0.171.